The lowest BCUT2D eigenvalue weighted by Crippen LogP contribution is -1.92. The molecule has 11 heavy (non-hydrogen) atoms. The number of nitrogens with two attached hydrogens (primary N) is 1. The predicted molar refractivity (Wildman–Crippen MR) is 49.3 cm³/mol. The van der Waals surface area contributed by atoms with E-state index in [1.54, 1.807) is 12.4 Å². The van der Waals surface area contributed by atoms with E-state index in [9.17, 15) is 0 Å². The number of aromatic nitrogens is 2. The van der Waals surface area contributed by atoms with Crippen LogP contribution in [0, 0.1) is 0 Å². The monoisotopic (exact) mass is 167 g/mol. The predicted octanol–water partition coefficient (Wildman–Crippen LogP) is 1.00. The molecule has 1 aromatic heterocycles. The van der Waals surface area contributed by atoms with Crippen molar-refractivity contribution in [3.8, 4) is 0 Å². The fraction of sp³-hybridized carbons (Fsp3) is 0.143. The molecule has 0 aliphatic rings. The molecule has 1 rings (SSSR count). The van der Waals surface area contributed by atoms with Crippen LogP contribution in [-0.4, -0.2) is 15.7 Å². The van der Waals surface area contributed by atoms with E-state index in [0.717, 1.165) is 5.56 Å². The lowest BCUT2D eigenvalue weighted by molar-refractivity contribution is 1.18. The largest absolute Gasteiger partial charge is 0.368 e. The lowest BCUT2D eigenvalue weighted by atomic mass is 10.3. The number of nitrogens with zero attached hydrogens (tertiary/aromatic N) is 2. The maximum absolute atomic E-state index is 5.29. The molecule has 1 aromatic rings. The molecule has 0 unspecified atom stereocenters. The van der Waals surface area contributed by atoms with Gasteiger partial charge >= 0.3 is 0 Å². The molecular weight excluding hydrogens is 158 g/mol. The van der Waals surface area contributed by atoms with Crippen LogP contribution in [0.1, 0.15) is 5.56 Å². The molecular formula is C7H9N3S. The summed E-state index contributed by atoms with van der Waals surface area (Å²) in [6, 6.07) is 0. The second kappa shape index (κ2) is 3.98. The van der Waals surface area contributed by atoms with Gasteiger partial charge in [0.15, 0.2) is 0 Å². The molecule has 1 heterocycles. The number of hydrogen-bond donors (Lipinski definition) is 2. The number of anilines is 1. The van der Waals surface area contributed by atoms with E-state index in [2.05, 4.69) is 22.6 Å². The first-order chi connectivity index (χ1) is 5.33. The highest BCUT2D eigenvalue weighted by Gasteiger charge is 1.87. The number of thiol groups is 1. The maximum atomic E-state index is 5.29. The van der Waals surface area contributed by atoms with Crippen LogP contribution in [0.4, 0.5) is 5.95 Å². The van der Waals surface area contributed by atoms with Gasteiger partial charge in [-0.15, -0.1) is 0 Å². The molecule has 0 aliphatic heterocycles. The van der Waals surface area contributed by atoms with Crippen molar-refractivity contribution in [2.24, 2.45) is 0 Å². The Hall–Kier alpha value is -1.03. The van der Waals surface area contributed by atoms with Gasteiger partial charge in [-0.3, -0.25) is 0 Å². The fourth-order valence-corrected chi connectivity index (χ4v) is 0.728. The summed E-state index contributed by atoms with van der Waals surface area (Å²) < 4.78 is 0. The summed E-state index contributed by atoms with van der Waals surface area (Å²) in [6.07, 6.45) is 7.15. The summed E-state index contributed by atoms with van der Waals surface area (Å²) in [5, 5.41) is 0. The van der Waals surface area contributed by atoms with Crippen molar-refractivity contribution in [2.75, 3.05) is 11.5 Å². The highest BCUT2D eigenvalue weighted by Crippen LogP contribution is 1.99. The summed E-state index contributed by atoms with van der Waals surface area (Å²) in [5.74, 6) is 1.01. The first kappa shape index (κ1) is 8.07. The Labute approximate surface area is 70.8 Å². The Balaban J connectivity index is 2.73. The summed E-state index contributed by atoms with van der Waals surface area (Å²) in [6.45, 7) is 0. The van der Waals surface area contributed by atoms with Crippen molar-refractivity contribution in [1.82, 2.24) is 9.97 Å². The fourth-order valence-electron chi connectivity index (χ4n) is 0.623. The molecule has 0 atom stereocenters. The van der Waals surface area contributed by atoms with Crippen molar-refractivity contribution in [1.29, 1.82) is 0 Å². The molecule has 0 amide bonds. The summed E-state index contributed by atoms with van der Waals surface area (Å²) >= 11 is 4.02. The van der Waals surface area contributed by atoms with Gasteiger partial charge in [0.1, 0.15) is 0 Å². The smallest absolute Gasteiger partial charge is 0.219 e. The van der Waals surface area contributed by atoms with Gasteiger partial charge in [-0.1, -0.05) is 12.2 Å². The van der Waals surface area contributed by atoms with Crippen molar-refractivity contribution in [2.45, 2.75) is 0 Å². The van der Waals surface area contributed by atoms with E-state index in [4.69, 9.17) is 5.73 Å². The minimum Gasteiger partial charge on any atom is -0.368 e. The second-order valence-electron chi connectivity index (χ2n) is 1.96. The highest BCUT2D eigenvalue weighted by molar-refractivity contribution is 7.80. The third-order valence-electron chi connectivity index (χ3n) is 1.11. The second-order valence-corrected chi connectivity index (χ2v) is 2.32. The minimum absolute atomic E-state index is 0.299. The Morgan fingerprint density at radius 3 is 2.64 bits per heavy atom. The van der Waals surface area contributed by atoms with Gasteiger partial charge in [0.2, 0.25) is 5.95 Å². The van der Waals surface area contributed by atoms with Gasteiger partial charge in [0.05, 0.1) is 0 Å². The van der Waals surface area contributed by atoms with E-state index in [-0.39, 0.29) is 0 Å². The molecule has 0 aromatic carbocycles. The molecule has 0 bridgehead atoms. The maximum Gasteiger partial charge on any atom is 0.219 e. The summed E-state index contributed by atoms with van der Waals surface area (Å²) in [4.78, 5) is 7.65. The lowest BCUT2D eigenvalue weighted by Gasteiger charge is -1.91. The van der Waals surface area contributed by atoms with Crippen molar-refractivity contribution in [3.63, 3.8) is 0 Å². The molecule has 0 saturated carbocycles. The van der Waals surface area contributed by atoms with Gasteiger partial charge < -0.3 is 5.73 Å². The third-order valence-corrected chi connectivity index (χ3v) is 1.32. The quantitative estimate of drug-likeness (QED) is 0.646. The molecule has 0 spiro atoms. The van der Waals surface area contributed by atoms with Crippen molar-refractivity contribution in [3.05, 3.63) is 24.0 Å². The van der Waals surface area contributed by atoms with Gasteiger partial charge in [0.25, 0.3) is 0 Å². The molecule has 3 nitrogen and oxygen atoms in total. The van der Waals surface area contributed by atoms with Crippen LogP contribution >= 0.6 is 12.6 Å². The molecule has 4 heteroatoms. The van der Waals surface area contributed by atoms with Gasteiger partial charge in [-0.05, 0) is 0 Å². The van der Waals surface area contributed by atoms with E-state index < -0.39 is 0 Å². The standard InChI is InChI=1S/C7H9N3S/c8-7-9-4-6(5-10-7)2-1-3-11/h1-2,4-5,11H,3H2,(H2,8,9,10). The average molecular weight is 167 g/mol. The molecule has 0 saturated heterocycles. The Morgan fingerprint density at radius 2 is 2.09 bits per heavy atom. The van der Waals surface area contributed by atoms with Crippen LogP contribution in [0.3, 0.4) is 0 Å². The van der Waals surface area contributed by atoms with Crippen LogP contribution < -0.4 is 5.73 Å². The molecule has 2 N–H and O–H groups in total. The zero-order chi connectivity index (χ0) is 8.10. The molecule has 0 aliphatic carbocycles. The van der Waals surface area contributed by atoms with Crippen molar-refractivity contribution < 1.29 is 0 Å². The Bertz CT molecular complexity index is 242. The van der Waals surface area contributed by atoms with Crippen LogP contribution in [0.15, 0.2) is 18.5 Å². The van der Waals surface area contributed by atoms with Gasteiger partial charge in [0, 0.05) is 23.7 Å². The number of nitrogen functional groups attached to an aromatic ring is 1. The van der Waals surface area contributed by atoms with E-state index >= 15 is 0 Å². The van der Waals surface area contributed by atoms with Crippen LogP contribution in [0.5, 0.6) is 0 Å². The average Bonchev–Trinajstić information content (AvgIpc) is 2.04. The zero-order valence-corrected chi connectivity index (χ0v) is 6.83. The van der Waals surface area contributed by atoms with Crippen LogP contribution in [0.2, 0.25) is 0 Å². The van der Waals surface area contributed by atoms with Crippen LogP contribution in [-0.2, 0) is 0 Å². The molecule has 0 fully saturated rings. The Kier molecular flexibility index (Phi) is 2.92. The highest BCUT2D eigenvalue weighted by atomic mass is 32.1. The first-order valence-electron chi connectivity index (χ1n) is 3.18. The molecule has 58 valence electrons. The topological polar surface area (TPSA) is 51.8 Å². The van der Waals surface area contributed by atoms with E-state index in [0.29, 0.717) is 11.7 Å². The van der Waals surface area contributed by atoms with Crippen molar-refractivity contribution >= 4 is 24.7 Å². The summed E-state index contributed by atoms with van der Waals surface area (Å²) in [7, 11) is 0. The third kappa shape index (κ3) is 2.59. The van der Waals surface area contributed by atoms with E-state index in [1.807, 2.05) is 12.2 Å². The van der Waals surface area contributed by atoms with Gasteiger partial charge in [-0.25, -0.2) is 9.97 Å². The number of hydrogen-bond acceptors (Lipinski definition) is 4. The summed E-state index contributed by atoms with van der Waals surface area (Å²) in [5.41, 5.74) is 6.23. The van der Waals surface area contributed by atoms with Crippen LogP contribution in [0.25, 0.3) is 6.08 Å². The Morgan fingerprint density at radius 1 is 1.45 bits per heavy atom. The SMILES string of the molecule is Nc1ncc(C=CCS)cn1. The number of rotatable bonds is 2. The van der Waals surface area contributed by atoms with Gasteiger partial charge in [-0.2, -0.15) is 12.6 Å². The minimum atomic E-state index is 0.299. The van der Waals surface area contributed by atoms with E-state index in [1.165, 1.54) is 0 Å². The molecule has 0 radical (unpaired) electrons. The normalized spacial score (nSPS) is 10.6. The first-order valence-corrected chi connectivity index (χ1v) is 3.81. The zero-order valence-electron chi connectivity index (χ0n) is 5.94.